The Morgan fingerprint density at radius 1 is 1.00 bits per heavy atom. The van der Waals surface area contributed by atoms with Crippen molar-refractivity contribution in [2.45, 2.75) is 44.0 Å². The van der Waals surface area contributed by atoms with E-state index in [9.17, 15) is 8.42 Å². The van der Waals surface area contributed by atoms with Gasteiger partial charge < -0.3 is 9.74 Å². The summed E-state index contributed by atoms with van der Waals surface area (Å²) < 4.78 is 31.6. The molecule has 0 aliphatic carbocycles. The zero-order valence-corrected chi connectivity index (χ0v) is 19.0. The second-order valence-electron chi connectivity index (χ2n) is 8.72. The molecule has 1 heterocycles. The fraction of sp³-hybridized carbons (Fsp3) is 0.455. The van der Waals surface area contributed by atoms with E-state index in [0.717, 1.165) is 0 Å². The number of benzene rings is 2. The fourth-order valence-electron chi connectivity index (χ4n) is 4.06. The van der Waals surface area contributed by atoms with E-state index in [1.165, 1.54) is 10.4 Å². The number of rotatable bonds is 5. The molecule has 1 saturated heterocycles. The van der Waals surface area contributed by atoms with Crippen molar-refractivity contribution in [1.29, 1.82) is 0 Å². The van der Waals surface area contributed by atoms with Gasteiger partial charge in [0.15, 0.2) is 9.84 Å². The van der Waals surface area contributed by atoms with Gasteiger partial charge in [-0.2, -0.15) is 0 Å². The van der Waals surface area contributed by atoms with Crippen LogP contribution in [-0.2, 0) is 14.3 Å². The molecule has 0 bridgehead atoms. The molecule has 2 atom stereocenters. The molecule has 0 saturated carbocycles. The number of nitrogens with one attached hydrogen (secondary N) is 1. The summed E-state index contributed by atoms with van der Waals surface area (Å²) >= 11 is 0. The topological polar surface area (TPSA) is 55.4 Å². The smallest absolute Gasteiger partial charge is 0.261 e. The molecule has 1 aliphatic heterocycles. The van der Waals surface area contributed by atoms with E-state index in [4.69, 9.17) is 4.43 Å². The molecular weight excluding hydrogens is 386 g/mol. The Kier molecular flexibility index (Phi) is 6.15. The number of hydrogen-bond donors (Lipinski definition) is 1. The summed E-state index contributed by atoms with van der Waals surface area (Å²) in [4.78, 5) is 0. The molecule has 1 N–H and O–H groups in total. The molecule has 2 unspecified atom stereocenters. The maximum absolute atomic E-state index is 12.4. The van der Waals surface area contributed by atoms with Gasteiger partial charge in [0.25, 0.3) is 8.32 Å². The maximum atomic E-state index is 12.4. The lowest BCUT2D eigenvalue weighted by atomic mass is 10.2. The van der Waals surface area contributed by atoms with Crippen LogP contribution >= 0.6 is 0 Å². The first-order valence-electron chi connectivity index (χ1n) is 9.87. The highest BCUT2D eigenvalue weighted by molar-refractivity contribution is 7.92. The normalized spacial score (nSPS) is 22.7. The van der Waals surface area contributed by atoms with E-state index in [1.807, 2.05) is 12.1 Å². The molecule has 3 rings (SSSR count). The summed E-state index contributed by atoms with van der Waals surface area (Å²) in [5.74, 6) is 0.131. The zero-order chi connectivity index (χ0) is 20.4. The molecule has 6 heteroatoms. The Balaban J connectivity index is 2.00. The molecule has 2 aromatic carbocycles. The SMILES string of the molecule is CC1CNC(CO[Si](c2ccccc2)(c2ccccc2)C(C)(C)C)CS1(=O)=O. The van der Waals surface area contributed by atoms with Gasteiger partial charge in [-0.1, -0.05) is 81.4 Å². The Hall–Kier alpha value is -1.47. The van der Waals surface area contributed by atoms with Gasteiger partial charge in [0.05, 0.1) is 17.6 Å². The first kappa shape index (κ1) is 21.2. The van der Waals surface area contributed by atoms with Gasteiger partial charge in [0.2, 0.25) is 0 Å². The Morgan fingerprint density at radius 2 is 1.50 bits per heavy atom. The maximum Gasteiger partial charge on any atom is 0.261 e. The lowest BCUT2D eigenvalue weighted by Gasteiger charge is -2.44. The van der Waals surface area contributed by atoms with Crippen LogP contribution < -0.4 is 15.7 Å². The van der Waals surface area contributed by atoms with Crippen molar-refractivity contribution in [2.75, 3.05) is 18.9 Å². The highest BCUT2D eigenvalue weighted by atomic mass is 32.2. The summed E-state index contributed by atoms with van der Waals surface area (Å²) in [7, 11) is -5.70. The average molecular weight is 418 g/mol. The van der Waals surface area contributed by atoms with Crippen molar-refractivity contribution in [3.8, 4) is 0 Å². The minimum Gasteiger partial charge on any atom is -0.406 e. The molecular formula is C22H31NO3SSi. The third-order valence-corrected chi connectivity index (χ3v) is 12.9. The molecule has 0 amide bonds. The van der Waals surface area contributed by atoms with Crippen molar-refractivity contribution >= 4 is 28.5 Å². The van der Waals surface area contributed by atoms with Crippen LogP contribution in [0.5, 0.6) is 0 Å². The second-order valence-corrected chi connectivity index (χ2v) is 15.5. The second kappa shape index (κ2) is 8.11. The summed E-state index contributed by atoms with van der Waals surface area (Å²) in [5.41, 5.74) is 0. The van der Waals surface area contributed by atoms with Crippen LogP contribution in [0.15, 0.2) is 60.7 Å². The predicted octanol–water partition coefficient (Wildman–Crippen LogP) is 2.34. The van der Waals surface area contributed by atoms with Crippen LogP contribution in [0, 0.1) is 0 Å². The van der Waals surface area contributed by atoms with E-state index in [1.54, 1.807) is 6.92 Å². The van der Waals surface area contributed by atoms with Gasteiger partial charge >= 0.3 is 0 Å². The molecule has 4 nitrogen and oxygen atoms in total. The minimum absolute atomic E-state index is 0.115. The number of sulfone groups is 1. The van der Waals surface area contributed by atoms with Crippen LogP contribution in [-0.4, -0.2) is 46.9 Å². The largest absolute Gasteiger partial charge is 0.406 e. The first-order chi connectivity index (χ1) is 13.2. The lowest BCUT2D eigenvalue weighted by Crippen LogP contribution is -2.67. The Labute approximate surface area is 170 Å². The molecule has 0 aromatic heterocycles. The van der Waals surface area contributed by atoms with Crippen LogP contribution in [0.25, 0.3) is 0 Å². The fourth-order valence-corrected chi connectivity index (χ4v) is 10.1. The monoisotopic (exact) mass is 417 g/mol. The predicted molar refractivity (Wildman–Crippen MR) is 119 cm³/mol. The molecule has 152 valence electrons. The van der Waals surface area contributed by atoms with Crippen molar-refractivity contribution in [3.63, 3.8) is 0 Å². The van der Waals surface area contributed by atoms with Gasteiger partial charge in [-0.15, -0.1) is 0 Å². The van der Waals surface area contributed by atoms with Gasteiger partial charge in [-0.25, -0.2) is 8.42 Å². The minimum atomic E-state index is -3.07. The van der Waals surface area contributed by atoms with Crippen LogP contribution in [0.1, 0.15) is 27.7 Å². The highest BCUT2D eigenvalue weighted by Gasteiger charge is 2.50. The van der Waals surface area contributed by atoms with Crippen molar-refractivity contribution in [1.82, 2.24) is 5.32 Å². The third kappa shape index (κ3) is 4.10. The molecule has 2 aromatic rings. The van der Waals surface area contributed by atoms with Crippen molar-refractivity contribution in [2.24, 2.45) is 0 Å². The number of hydrogen-bond acceptors (Lipinski definition) is 4. The molecule has 1 aliphatic rings. The van der Waals surface area contributed by atoms with E-state index in [2.05, 4.69) is 74.6 Å². The molecule has 0 spiro atoms. The summed E-state index contributed by atoms with van der Waals surface area (Å²) in [6.45, 7) is 9.32. The standard InChI is InChI=1S/C22H31NO3SSi/c1-18-15-23-19(17-27(18,24)25)16-26-28(22(2,3)4,20-11-7-5-8-12-20)21-13-9-6-10-14-21/h5-14,18-19,23H,15-17H2,1-4H3. The van der Waals surface area contributed by atoms with Crippen LogP contribution in [0.4, 0.5) is 0 Å². The van der Waals surface area contributed by atoms with Crippen molar-refractivity contribution in [3.05, 3.63) is 60.7 Å². The van der Waals surface area contributed by atoms with E-state index in [0.29, 0.717) is 13.2 Å². The van der Waals surface area contributed by atoms with Gasteiger partial charge in [-0.05, 0) is 22.3 Å². The lowest BCUT2D eigenvalue weighted by molar-refractivity contribution is 0.255. The molecule has 0 radical (unpaired) electrons. The summed E-state index contributed by atoms with van der Waals surface area (Å²) in [6.07, 6.45) is 0. The van der Waals surface area contributed by atoms with Gasteiger partial charge in [0, 0.05) is 12.6 Å². The summed E-state index contributed by atoms with van der Waals surface area (Å²) in [6, 6.07) is 20.7. The quantitative estimate of drug-likeness (QED) is 0.759. The summed E-state index contributed by atoms with van der Waals surface area (Å²) in [5, 5.41) is 5.34. The Bertz CT molecular complexity index is 840. The zero-order valence-electron chi connectivity index (χ0n) is 17.2. The molecule has 1 fully saturated rings. The first-order valence-corrected chi connectivity index (χ1v) is 13.5. The van der Waals surface area contributed by atoms with E-state index in [-0.39, 0.29) is 22.1 Å². The third-order valence-electron chi connectivity index (χ3n) is 5.66. The van der Waals surface area contributed by atoms with Gasteiger partial charge in [-0.3, -0.25) is 0 Å². The van der Waals surface area contributed by atoms with Crippen molar-refractivity contribution < 1.29 is 12.8 Å². The highest BCUT2D eigenvalue weighted by Crippen LogP contribution is 2.36. The van der Waals surface area contributed by atoms with Gasteiger partial charge in [0.1, 0.15) is 0 Å². The van der Waals surface area contributed by atoms with E-state index < -0.39 is 18.2 Å². The van der Waals surface area contributed by atoms with Crippen LogP contribution in [0.3, 0.4) is 0 Å². The average Bonchev–Trinajstić information content (AvgIpc) is 2.65. The Morgan fingerprint density at radius 3 is 1.93 bits per heavy atom. The van der Waals surface area contributed by atoms with E-state index >= 15 is 0 Å². The van der Waals surface area contributed by atoms with Crippen LogP contribution in [0.2, 0.25) is 5.04 Å². The molecule has 28 heavy (non-hydrogen) atoms.